The van der Waals surface area contributed by atoms with Crippen molar-refractivity contribution in [2.45, 2.75) is 11.5 Å². The summed E-state index contributed by atoms with van der Waals surface area (Å²) in [5.74, 6) is -1.53. The Balaban J connectivity index is 2.17. The molecule has 0 aliphatic carbocycles. The van der Waals surface area contributed by atoms with Gasteiger partial charge in [0.1, 0.15) is 12.4 Å². The van der Waals surface area contributed by atoms with Crippen LogP contribution in [0.1, 0.15) is 5.56 Å². The highest BCUT2D eigenvalue weighted by molar-refractivity contribution is 7.89. The van der Waals surface area contributed by atoms with Crippen LogP contribution >= 0.6 is 11.6 Å². The molecule has 0 aliphatic rings. The van der Waals surface area contributed by atoms with E-state index in [0.717, 1.165) is 24.3 Å². The zero-order valence-electron chi connectivity index (χ0n) is 10.5. The van der Waals surface area contributed by atoms with Crippen molar-refractivity contribution < 1.29 is 21.9 Å². The van der Waals surface area contributed by atoms with Crippen molar-refractivity contribution in [3.05, 3.63) is 58.6 Å². The number of ether oxygens (including phenoxy) is 1. The molecule has 2 aromatic rings. The van der Waals surface area contributed by atoms with Crippen LogP contribution in [0.2, 0.25) is 5.02 Å². The number of hydrogen-bond acceptors (Lipinski definition) is 3. The topological polar surface area (TPSA) is 69.4 Å². The third-order valence-corrected chi connectivity index (χ3v) is 3.89. The number of sulfonamides is 1. The normalized spacial score (nSPS) is 11.4. The van der Waals surface area contributed by atoms with E-state index in [4.69, 9.17) is 21.5 Å². The summed E-state index contributed by atoms with van der Waals surface area (Å²) >= 11 is 5.81. The molecule has 0 saturated heterocycles. The standard InChI is InChI=1S/C13H10ClF2NO3S/c14-11-5-9(15)2-1-8(11)7-20-13-4-3-10(6-12(13)16)21(17,18)19/h1-6H,7H2,(H2,17,18,19). The predicted molar refractivity (Wildman–Crippen MR) is 73.5 cm³/mol. The van der Waals surface area contributed by atoms with Crippen molar-refractivity contribution in [1.29, 1.82) is 0 Å². The molecule has 0 fully saturated rings. The Labute approximate surface area is 125 Å². The second-order valence-corrected chi connectivity index (χ2v) is 6.13. The molecule has 2 N–H and O–H groups in total. The molecule has 112 valence electrons. The number of benzene rings is 2. The van der Waals surface area contributed by atoms with Crippen molar-refractivity contribution in [3.63, 3.8) is 0 Å². The third-order valence-electron chi connectivity index (χ3n) is 2.63. The van der Waals surface area contributed by atoms with Crippen LogP contribution in [0.15, 0.2) is 41.3 Å². The average molecular weight is 334 g/mol. The summed E-state index contributed by atoms with van der Waals surface area (Å²) in [4.78, 5) is -0.354. The molecule has 0 unspecified atom stereocenters. The van der Waals surface area contributed by atoms with Crippen molar-refractivity contribution in [3.8, 4) is 5.75 Å². The molecule has 8 heteroatoms. The van der Waals surface area contributed by atoms with E-state index in [1.807, 2.05) is 0 Å². The molecule has 2 rings (SSSR count). The Kier molecular flexibility index (Phi) is 4.46. The summed E-state index contributed by atoms with van der Waals surface area (Å²) in [6, 6.07) is 6.75. The van der Waals surface area contributed by atoms with Gasteiger partial charge >= 0.3 is 0 Å². The highest BCUT2D eigenvalue weighted by atomic mass is 35.5. The molecule has 0 bridgehead atoms. The average Bonchev–Trinajstić information content (AvgIpc) is 2.38. The van der Waals surface area contributed by atoms with Gasteiger partial charge in [0.15, 0.2) is 11.6 Å². The van der Waals surface area contributed by atoms with E-state index >= 15 is 0 Å². The molecular formula is C13H10ClF2NO3S. The van der Waals surface area contributed by atoms with Gasteiger partial charge in [-0.25, -0.2) is 22.3 Å². The zero-order chi connectivity index (χ0) is 15.6. The summed E-state index contributed by atoms with van der Waals surface area (Å²) in [6.07, 6.45) is 0. The Hall–Kier alpha value is -1.70. The quantitative estimate of drug-likeness (QED) is 0.935. The minimum absolute atomic E-state index is 0.0925. The molecule has 0 aromatic heterocycles. The first-order valence-corrected chi connectivity index (χ1v) is 7.59. The van der Waals surface area contributed by atoms with Crippen molar-refractivity contribution in [2.24, 2.45) is 5.14 Å². The van der Waals surface area contributed by atoms with Gasteiger partial charge in [-0.1, -0.05) is 17.7 Å². The summed E-state index contributed by atoms with van der Waals surface area (Å²) in [5, 5.41) is 5.04. The minimum Gasteiger partial charge on any atom is -0.486 e. The highest BCUT2D eigenvalue weighted by Crippen LogP contribution is 2.23. The van der Waals surface area contributed by atoms with E-state index in [-0.39, 0.29) is 22.3 Å². The SMILES string of the molecule is NS(=O)(=O)c1ccc(OCc2ccc(F)cc2Cl)c(F)c1. The van der Waals surface area contributed by atoms with E-state index < -0.39 is 21.7 Å². The van der Waals surface area contributed by atoms with Gasteiger partial charge in [-0.3, -0.25) is 0 Å². The van der Waals surface area contributed by atoms with Crippen LogP contribution in [0.3, 0.4) is 0 Å². The van der Waals surface area contributed by atoms with E-state index in [9.17, 15) is 17.2 Å². The molecule has 0 saturated carbocycles. The lowest BCUT2D eigenvalue weighted by Gasteiger charge is -2.09. The van der Waals surface area contributed by atoms with E-state index in [1.165, 1.54) is 12.1 Å². The first-order valence-electron chi connectivity index (χ1n) is 5.66. The van der Waals surface area contributed by atoms with Gasteiger partial charge in [0, 0.05) is 5.56 Å². The summed E-state index contributed by atoms with van der Waals surface area (Å²) < 4.78 is 53.9. The number of nitrogens with two attached hydrogens (primary N) is 1. The second-order valence-electron chi connectivity index (χ2n) is 4.16. The number of rotatable bonds is 4. The molecule has 0 radical (unpaired) electrons. The summed E-state index contributed by atoms with van der Waals surface area (Å²) in [5.41, 5.74) is 0.466. The lowest BCUT2D eigenvalue weighted by atomic mass is 10.2. The molecule has 4 nitrogen and oxygen atoms in total. The molecule has 0 heterocycles. The molecule has 21 heavy (non-hydrogen) atoms. The van der Waals surface area contributed by atoms with Crippen LogP contribution in [0, 0.1) is 11.6 Å². The fourth-order valence-electron chi connectivity index (χ4n) is 1.57. The largest absolute Gasteiger partial charge is 0.486 e. The molecular weight excluding hydrogens is 324 g/mol. The van der Waals surface area contributed by atoms with Crippen LogP contribution in [-0.4, -0.2) is 8.42 Å². The van der Waals surface area contributed by atoms with Crippen LogP contribution in [-0.2, 0) is 16.6 Å². The Bertz CT molecular complexity index is 781. The minimum atomic E-state index is -3.98. The van der Waals surface area contributed by atoms with Crippen LogP contribution in [0.5, 0.6) is 5.75 Å². The number of halogens is 3. The van der Waals surface area contributed by atoms with Gasteiger partial charge in [-0.05, 0) is 30.3 Å². The predicted octanol–water partition coefficient (Wildman–Crippen LogP) is 2.84. The van der Waals surface area contributed by atoms with Gasteiger partial charge in [-0.15, -0.1) is 0 Å². The van der Waals surface area contributed by atoms with Gasteiger partial charge in [0.05, 0.1) is 9.92 Å². The third kappa shape index (κ3) is 3.90. The molecule has 0 aliphatic heterocycles. The van der Waals surface area contributed by atoms with Gasteiger partial charge in [-0.2, -0.15) is 0 Å². The lowest BCUT2D eigenvalue weighted by Crippen LogP contribution is -2.12. The van der Waals surface area contributed by atoms with Crippen LogP contribution < -0.4 is 9.88 Å². The second kappa shape index (κ2) is 5.97. The van der Waals surface area contributed by atoms with Crippen molar-refractivity contribution in [1.82, 2.24) is 0 Å². The Morgan fingerprint density at radius 3 is 2.43 bits per heavy atom. The monoisotopic (exact) mass is 333 g/mol. The maximum absolute atomic E-state index is 13.7. The lowest BCUT2D eigenvalue weighted by molar-refractivity contribution is 0.290. The number of primary sulfonamides is 1. The van der Waals surface area contributed by atoms with Gasteiger partial charge in [0.25, 0.3) is 0 Å². The van der Waals surface area contributed by atoms with Gasteiger partial charge < -0.3 is 4.74 Å². The summed E-state index contributed by atoms with van der Waals surface area (Å²) in [6.45, 7) is -0.0925. The molecule has 0 atom stereocenters. The smallest absolute Gasteiger partial charge is 0.238 e. The van der Waals surface area contributed by atoms with Crippen molar-refractivity contribution in [2.75, 3.05) is 0 Å². The van der Waals surface area contributed by atoms with E-state index in [2.05, 4.69) is 0 Å². The van der Waals surface area contributed by atoms with Crippen LogP contribution in [0.25, 0.3) is 0 Å². The van der Waals surface area contributed by atoms with Crippen molar-refractivity contribution >= 4 is 21.6 Å². The molecule has 2 aromatic carbocycles. The van der Waals surface area contributed by atoms with Crippen LogP contribution in [0.4, 0.5) is 8.78 Å². The summed E-state index contributed by atoms with van der Waals surface area (Å²) in [7, 11) is -3.98. The fourth-order valence-corrected chi connectivity index (χ4v) is 2.32. The fraction of sp³-hybridized carbons (Fsp3) is 0.0769. The number of hydrogen-bond donors (Lipinski definition) is 1. The first-order chi connectivity index (χ1) is 9.77. The first kappa shape index (κ1) is 15.7. The van der Waals surface area contributed by atoms with E-state index in [1.54, 1.807) is 0 Å². The molecule has 0 spiro atoms. The molecule has 0 amide bonds. The van der Waals surface area contributed by atoms with E-state index in [0.29, 0.717) is 5.56 Å². The highest BCUT2D eigenvalue weighted by Gasteiger charge is 2.13. The Morgan fingerprint density at radius 1 is 1.14 bits per heavy atom. The van der Waals surface area contributed by atoms with Gasteiger partial charge in [0.2, 0.25) is 10.0 Å². The maximum atomic E-state index is 13.7. The Morgan fingerprint density at radius 2 is 1.86 bits per heavy atom. The zero-order valence-corrected chi connectivity index (χ0v) is 12.1. The maximum Gasteiger partial charge on any atom is 0.238 e.